The second-order valence-corrected chi connectivity index (χ2v) is 7.57. The normalized spacial score (nSPS) is 33.8. The lowest BCUT2D eigenvalue weighted by molar-refractivity contribution is 0.0687. The summed E-state index contributed by atoms with van der Waals surface area (Å²) in [6, 6.07) is 0.621. The highest BCUT2D eigenvalue weighted by atomic mass is 15.1. The summed E-state index contributed by atoms with van der Waals surface area (Å²) in [6.07, 6.45) is 10.0. The van der Waals surface area contributed by atoms with E-state index in [0.29, 0.717) is 11.5 Å². The van der Waals surface area contributed by atoms with Gasteiger partial charge in [0.2, 0.25) is 0 Å². The number of hydrogen-bond acceptors (Lipinski definition) is 2. The van der Waals surface area contributed by atoms with E-state index in [0.717, 1.165) is 5.92 Å². The van der Waals surface area contributed by atoms with Gasteiger partial charge < -0.3 is 10.2 Å². The fourth-order valence-electron chi connectivity index (χ4n) is 4.14. The van der Waals surface area contributed by atoms with Crippen molar-refractivity contribution < 1.29 is 0 Å². The molecule has 0 aromatic carbocycles. The summed E-state index contributed by atoms with van der Waals surface area (Å²) in [5.41, 5.74) is 0.555. The molecule has 1 N–H and O–H groups in total. The number of likely N-dealkylation sites (tertiary alicyclic amines) is 1. The molecular formula is C17H34N2. The van der Waals surface area contributed by atoms with Gasteiger partial charge in [-0.1, -0.05) is 40.0 Å². The minimum absolute atomic E-state index is 0.555. The lowest BCUT2D eigenvalue weighted by Crippen LogP contribution is -2.49. The third-order valence-electron chi connectivity index (χ3n) is 5.08. The van der Waals surface area contributed by atoms with E-state index in [1.807, 2.05) is 0 Å². The third-order valence-corrected chi connectivity index (χ3v) is 5.08. The highest BCUT2D eigenvalue weighted by Crippen LogP contribution is 2.40. The molecule has 2 fully saturated rings. The van der Waals surface area contributed by atoms with Crippen LogP contribution >= 0.6 is 0 Å². The second kappa shape index (κ2) is 7.08. The number of hydrogen-bond donors (Lipinski definition) is 1. The van der Waals surface area contributed by atoms with Crippen LogP contribution in [0.15, 0.2) is 0 Å². The summed E-state index contributed by atoms with van der Waals surface area (Å²) in [5, 5.41) is 3.74. The van der Waals surface area contributed by atoms with Crippen LogP contribution in [0.5, 0.6) is 0 Å². The molecule has 1 aliphatic carbocycles. The molecule has 2 atom stereocenters. The summed E-state index contributed by atoms with van der Waals surface area (Å²) >= 11 is 0. The zero-order valence-electron chi connectivity index (χ0n) is 13.4. The molecule has 0 amide bonds. The Morgan fingerprint density at radius 1 is 1.16 bits per heavy atom. The van der Waals surface area contributed by atoms with Gasteiger partial charge in [-0.2, -0.15) is 0 Å². The maximum Gasteiger partial charge on any atom is 0.00502 e. The highest BCUT2D eigenvalue weighted by Gasteiger charge is 2.36. The van der Waals surface area contributed by atoms with Crippen LogP contribution in [0.4, 0.5) is 0 Å². The van der Waals surface area contributed by atoms with Gasteiger partial charge >= 0.3 is 0 Å². The zero-order valence-corrected chi connectivity index (χ0v) is 13.4. The Morgan fingerprint density at radius 2 is 1.89 bits per heavy atom. The monoisotopic (exact) mass is 266 g/mol. The second-order valence-electron chi connectivity index (χ2n) is 7.57. The average Bonchev–Trinajstić information content (AvgIpc) is 2.38. The molecule has 0 radical (unpaired) electrons. The predicted molar refractivity (Wildman–Crippen MR) is 83.5 cm³/mol. The van der Waals surface area contributed by atoms with Gasteiger partial charge in [-0.05, 0) is 50.1 Å². The van der Waals surface area contributed by atoms with Crippen LogP contribution in [0, 0.1) is 11.3 Å². The van der Waals surface area contributed by atoms with Crippen molar-refractivity contribution in [2.75, 3.05) is 26.2 Å². The maximum atomic E-state index is 3.74. The Bertz CT molecular complexity index is 258. The molecule has 19 heavy (non-hydrogen) atoms. The van der Waals surface area contributed by atoms with Gasteiger partial charge in [0, 0.05) is 19.1 Å². The molecule has 0 aromatic heterocycles. The predicted octanol–water partition coefficient (Wildman–Crippen LogP) is 3.67. The van der Waals surface area contributed by atoms with Crippen LogP contribution in [0.2, 0.25) is 0 Å². The smallest absolute Gasteiger partial charge is 0.00502 e. The van der Waals surface area contributed by atoms with Crippen molar-refractivity contribution in [3.05, 3.63) is 0 Å². The molecule has 0 spiro atoms. The summed E-state index contributed by atoms with van der Waals surface area (Å²) in [7, 11) is 0. The first-order valence-electron chi connectivity index (χ1n) is 8.55. The van der Waals surface area contributed by atoms with E-state index in [9.17, 15) is 0 Å². The Kier molecular flexibility index (Phi) is 5.70. The van der Waals surface area contributed by atoms with Crippen molar-refractivity contribution in [2.45, 2.75) is 71.8 Å². The van der Waals surface area contributed by atoms with Gasteiger partial charge in [-0.25, -0.2) is 0 Å². The van der Waals surface area contributed by atoms with Crippen molar-refractivity contribution in [3.8, 4) is 0 Å². The van der Waals surface area contributed by atoms with Crippen LogP contribution in [0.3, 0.4) is 0 Å². The fourth-order valence-corrected chi connectivity index (χ4v) is 4.14. The third kappa shape index (κ3) is 4.75. The number of nitrogens with zero attached hydrogens (tertiary/aromatic N) is 1. The van der Waals surface area contributed by atoms with Crippen molar-refractivity contribution in [1.82, 2.24) is 10.2 Å². The van der Waals surface area contributed by atoms with Gasteiger partial charge in [0.1, 0.15) is 0 Å². The van der Waals surface area contributed by atoms with Crippen LogP contribution in [-0.4, -0.2) is 37.1 Å². The molecule has 112 valence electrons. The summed E-state index contributed by atoms with van der Waals surface area (Å²) in [6.45, 7) is 12.3. The first-order valence-corrected chi connectivity index (χ1v) is 8.55. The van der Waals surface area contributed by atoms with E-state index < -0.39 is 0 Å². The molecule has 0 aromatic rings. The highest BCUT2D eigenvalue weighted by molar-refractivity contribution is 4.90. The first kappa shape index (κ1) is 15.3. The molecule has 1 saturated heterocycles. The van der Waals surface area contributed by atoms with Gasteiger partial charge in [0.25, 0.3) is 0 Å². The fraction of sp³-hybridized carbons (Fsp3) is 1.00. The Morgan fingerprint density at radius 3 is 2.53 bits per heavy atom. The van der Waals surface area contributed by atoms with Crippen LogP contribution in [0.1, 0.15) is 65.7 Å². The Balaban J connectivity index is 1.95. The van der Waals surface area contributed by atoms with E-state index in [4.69, 9.17) is 0 Å². The van der Waals surface area contributed by atoms with Crippen molar-refractivity contribution in [1.29, 1.82) is 0 Å². The topological polar surface area (TPSA) is 15.3 Å². The molecule has 2 rings (SSSR count). The van der Waals surface area contributed by atoms with E-state index in [2.05, 4.69) is 31.0 Å². The number of rotatable bonds is 5. The van der Waals surface area contributed by atoms with Crippen molar-refractivity contribution in [3.63, 3.8) is 0 Å². The molecule has 2 aliphatic rings. The summed E-state index contributed by atoms with van der Waals surface area (Å²) in [4.78, 5) is 2.75. The first-order chi connectivity index (χ1) is 9.10. The minimum Gasteiger partial charge on any atom is -0.314 e. The quantitative estimate of drug-likeness (QED) is 0.817. The van der Waals surface area contributed by atoms with Crippen LogP contribution < -0.4 is 5.32 Å². The van der Waals surface area contributed by atoms with E-state index >= 15 is 0 Å². The van der Waals surface area contributed by atoms with Crippen molar-refractivity contribution in [2.24, 2.45) is 11.3 Å². The van der Waals surface area contributed by atoms with Gasteiger partial charge in [-0.3, -0.25) is 0 Å². The van der Waals surface area contributed by atoms with Crippen molar-refractivity contribution >= 4 is 0 Å². The van der Waals surface area contributed by atoms with Gasteiger partial charge in [0.15, 0.2) is 0 Å². The zero-order chi connectivity index (χ0) is 13.7. The van der Waals surface area contributed by atoms with E-state index in [-0.39, 0.29) is 0 Å². The van der Waals surface area contributed by atoms with Gasteiger partial charge in [-0.15, -0.1) is 0 Å². The molecule has 0 bridgehead atoms. The number of nitrogens with one attached hydrogen (secondary N) is 1. The molecule has 1 heterocycles. The SMILES string of the molecule is CC1CCCC(CNC(C)C)(CN2CCCCC2)C1. The molecule has 2 unspecified atom stereocenters. The van der Waals surface area contributed by atoms with Crippen LogP contribution in [-0.2, 0) is 0 Å². The molecular weight excluding hydrogens is 232 g/mol. The summed E-state index contributed by atoms with van der Waals surface area (Å²) in [5.74, 6) is 0.924. The molecule has 2 heteroatoms. The summed E-state index contributed by atoms with van der Waals surface area (Å²) < 4.78 is 0. The van der Waals surface area contributed by atoms with Crippen LogP contribution in [0.25, 0.3) is 0 Å². The van der Waals surface area contributed by atoms with E-state index in [1.165, 1.54) is 71.1 Å². The maximum absolute atomic E-state index is 3.74. The Labute approximate surface area is 120 Å². The molecule has 1 saturated carbocycles. The minimum atomic E-state index is 0.555. The number of piperidine rings is 1. The lowest BCUT2D eigenvalue weighted by Gasteiger charge is -2.45. The van der Waals surface area contributed by atoms with Gasteiger partial charge in [0.05, 0.1) is 0 Å². The lowest BCUT2D eigenvalue weighted by atomic mass is 9.69. The Hall–Kier alpha value is -0.0800. The largest absolute Gasteiger partial charge is 0.314 e. The molecule has 1 aliphatic heterocycles. The van der Waals surface area contributed by atoms with E-state index in [1.54, 1.807) is 0 Å². The standard InChI is InChI=1S/C17H34N2/c1-15(2)18-13-17(9-7-8-16(3)12-17)14-19-10-5-4-6-11-19/h15-16,18H,4-14H2,1-3H3. The molecule has 2 nitrogen and oxygen atoms in total. The average molecular weight is 266 g/mol.